The summed E-state index contributed by atoms with van der Waals surface area (Å²) < 4.78 is 19.7. The lowest BCUT2D eigenvalue weighted by molar-refractivity contribution is -0.146. The van der Waals surface area contributed by atoms with Crippen LogP contribution < -0.4 is 4.90 Å². The number of aliphatic carboxylic acids is 1. The number of carbonyl (C=O) groups excluding carboxylic acids is 1. The lowest BCUT2D eigenvalue weighted by Gasteiger charge is -2.21. The van der Waals surface area contributed by atoms with E-state index in [1.165, 1.54) is 17.0 Å². The normalized spacial score (nSPS) is 36.3. The molecule has 6 heteroatoms. The predicted octanol–water partition coefficient (Wildman–Crippen LogP) is 1.20. The van der Waals surface area contributed by atoms with Gasteiger partial charge >= 0.3 is 5.97 Å². The molecule has 4 atom stereocenters. The van der Waals surface area contributed by atoms with Crippen LogP contribution in [0.2, 0.25) is 0 Å². The molecule has 2 fully saturated rings. The van der Waals surface area contributed by atoms with Crippen LogP contribution in [0.3, 0.4) is 0 Å². The van der Waals surface area contributed by atoms with Crippen LogP contribution in [0.4, 0.5) is 10.1 Å². The highest BCUT2D eigenvalue weighted by molar-refractivity contribution is 6.02. The number of amides is 1. The van der Waals surface area contributed by atoms with Crippen LogP contribution in [-0.2, 0) is 14.3 Å². The number of carboxylic acid groups (broad SMARTS) is 1. The van der Waals surface area contributed by atoms with Crippen molar-refractivity contribution in [3.8, 4) is 0 Å². The van der Waals surface area contributed by atoms with Gasteiger partial charge in [-0.05, 0) is 12.1 Å². The maximum absolute atomic E-state index is 13.9. The van der Waals surface area contributed by atoms with Crippen molar-refractivity contribution in [3.05, 3.63) is 42.2 Å². The van der Waals surface area contributed by atoms with E-state index in [2.05, 4.69) is 0 Å². The van der Waals surface area contributed by atoms with E-state index in [1.807, 2.05) is 0 Å². The van der Waals surface area contributed by atoms with Crippen molar-refractivity contribution in [1.29, 1.82) is 0 Å². The average molecular weight is 289 g/mol. The number of hydrogen-bond acceptors (Lipinski definition) is 3. The fourth-order valence-electron chi connectivity index (χ4n) is 3.65. The summed E-state index contributed by atoms with van der Waals surface area (Å²) in [6.07, 6.45) is 2.87. The molecule has 0 aliphatic carbocycles. The van der Waals surface area contributed by atoms with Crippen LogP contribution in [-0.4, -0.2) is 35.2 Å². The number of nitrogens with zero attached hydrogens (tertiary/aromatic N) is 1. The molecule has 1 aromatic carbocycles. The first kappa shape index (κ1) is 12.5. The van der Waals surface area contributed by atoms with Crippen molar-refractivity contribution in [1.82, 2.24) is 0 Å². The number of benzene rings is 1. The molecule has 108 valence electrons. The van der Waals surface area contributed by atoms with Gasteiger partial charge < -0.3 is 14.7 Å². The largest absolute Gasteiger partial charge is 0.481 e. The molecule has 4 unspecified atom stereocenters. The Bertz CT molecular complexity index is 688. The SMILES string of the molecule is O=C(O)C1C2C=CC3(CN(c4ccccc4F)C(=O)C13)O2. The van der Waals surface area contributed by atoms with Gasteiger partial charge in [0.25, 0.3) is 0 Å². The van der Waals surface area contributed by atoms with Gasteiger partial charge in [0.15, 0.2) is 0 Å². The van der Waals surface area contributed by atoms with Crippen molar-refractivity contribution in [2.24, 2.45) is 11.8 Å². The zero-order valence-corrected chi connectivity index (χ0v) is 10.9. The average Bonchev–Trinajstić information content (AvgIpc) is 3.08. The molecule has 1 aromatic rings. The summed E-state index contributed by atoms with van der Waals surface area (Å²) in [7, 11) is 0. The first-order valence-corrected chi connectivity index (χ1v) is 6.69. The molecule has 2 bridgehead atoms. The summed E-state index contributed by atoms with van der Waals surface area (Å²) in [5.74, 6) is -3.64. The van der Waals surface area contributed by atoms with Crippen LogP contribution in [0.1, 0.15) is 0 Å². The molecular weight excluding hydrogens is 277 g/mol. The number of rotatable bonds is 2. The first-order valence-electron chi connectivity index (χ1n) is 6.69. The predicted molar refractivity (Wildman–Crippen MR) is 70.1 cm³/mol. The molecule has 0 saturated carbocycles. The van der Waals surface area contributed by atoms with Gasteiger partial charge in [-0.15, -0.1) is 0 Å². The lowest BCUT2D eigenvalue weighted by atomic mass is 9.77. The number of hydrogen-bond donors (Lipinski definition) is 1. The molecule has 0 radical (unpaired) electrons. The van der Waals surface area contributed by atoms with Gasteiger partial charge in [0, 0.05) is 0 Å². The summed E-state index contributed by atoms with van der Waals surface area (Å²) in [5.41, 5.74) is -0.775. The topological polar surface area (TPSA) is 66.8 Å². The van der Waals surface area contributed by atoms with E-state index in [1.54, 1.807) is 24.3 Å². The molecule has 3 heterocycles. The molecule has 3 aliphatic rings. The molecule has 4 rings (SSSR count). The quantitative estimate of drug-likeness (QED) is 0.831. The number of para-hydroxylation sites is 1. The third-order valence-electron chi connectivity index (χ3n) is 4.53. The summed E-state index contributed by atoms with van der Waals surface area (Å²) in [6.45, 7) is 0.147. The van der Waals surface area contributed by atoms with Crippen LogP contribution in [0, 0.1) is 17.7 Å². The van der Waals surface area contributed by atoms with Gasteiger partial charge in [0.1, 0.15) is 17.3 Å². The van der Waals surface area contributed by atoms with Gasteiger partial charge in [-0.2, -0.15) is 0 Å². The van der Waals surface area contributed by atoms with Gasteiger partial charge in [-0.1, -0.05) is 24.3 Å². The first-order chi connectivity index (χ1) is 10.0. The highest BCUT2D eigenvalue weighted by Crippen LogP contribution is 2.52. The second-order valence-electron chi connectivity index (χ2n) is 5.61. The van der Waals surface area contributed by atoms with E-state index in [4.69, 9.17) is 4.74 Å². The summed E-state index contributed by atoms with van der Waals surface area (Å²) in [5, 5.41) is 9.35. The minimum atomic E-state index is -1.06. The number of ether oxygens (including phenoxy) is 1. The maximum Gasteiger partial charge on any atom is 0.310 e. The summed E-state index contributed by atoms with van der Waals surface area (Å²) >= 11 is 0. The van der Waals surface area contributed by atoms with Crippen molar-refractivity contribution in [2.45, 2.75) is 11.7 Å². The molecule has 1 N–H and O–H groups in total. The van der Waals surface area contributed by atoms with Crippen LogP contribution >= 0.6 is 0 Å². The van der Waals surface area contributed by atoms with Crippen molar-refractivity contribution >= 4 is 17.6 Å². The van der Waals surface area contributed by atoms with E-state index in [0.29, 0.717) is 0 Å². The third kappa shape index (κ3) is 1.48. The number of carbonyl (C=O) groups is 2. The highest BCUT2D eigenvalue weighted by atomic mass is 19.1. The Hall–Kier alpha value is -2.21. The molecule has 5 nitrogen and oxygen atoms in total. The second kappa shape index (κ2) is 3.92. The minimum Gasteiger partial charge on any atom is -0.481 e. The van der Waals surface area contributed by atoms with Crippen molar-refractivity contribution in [2.75, 3.05) is 11.4 Å². The standard InChI is InChI=1S/C15H12FNO4/c16-8-3-1-2-4-9(8)17-7-15-6-5-10(21-15)11(14(19)20)12(15)13(17)18/h1-6,10-12H,7H2,(H,19,20). The smallest absolute Gasteiger partial charge is 0.310 e. The lowest BCUT2D eigenvalue weighted by Crippen LogP contribution is -2.39. The van der Waals surface area contributed by atoms with Crippen LogP contribution in [0.25, 0.3) is 0 Å². The molecule has 21 heavy (non-hydrogen) atoms. The van der Waals surface area contributed by atoms with Gasteiger partial charge in [-0.25, -0.2) is 4.39 Å². The molecule has 0 aromatic heterocycles. The Morgan fingerprint density at radius 2 is 2.19 bits per heavy atom. The van der Waals surface area contributed by atoms with E-state index >= 15 is 0 Å². The van der Waals surface area contributed by atoms with Crippen molar-refractivity contribution in [3.63, 3.8) is 0 Å². The Morgan fingerprint density at radius 3 is 2.90 bits per heavy atom. The van der Waals surface area contributed by atoms with Crippen LogP contribution in [0.5, 0.6) is 0 Å². The molecule has 2 saturated heterocycles. The molecule has 1 spiro atoms. The number of halogens is 1. The number of anilines is 1. The Balaban J connectivity index is 1.78. The third-order valence-corrected chi connectivity index (χ3v) is 4.53. The fourth-order valence-corrected chi connectivity index (χ4v) is 3.65. The van der Waals surface area contributed by atoms with Gasteiger partial charge in [0.05, 0.1) is 24.3 Å². The zero-order valence-electron chi connectivity index (χ0n) is 10.9. The van der Waals surface area contributed by atoms with Gasteiger partial charge in [-0.3, -0.25) is 9.59 Å². The molecular formula is C15H12FNO4. The van der Waals surface area contributed by atoms with Crippen LogP contribution in [0.15, 0.2) is 36.4 Å². The fraction of sp³-hybridized carbons (Fsp3) is 0.333. The Kier molecular flexibility index (Phi) is 2.34. The van der Waals surface area contributed by atoms with E-state index in [9.17, 15) is 19.1 Å². The minimum absolute atomic E-state index is 0.147. The molecule has 1 amide bonds. The monoisotopic (exact) mass is 289 g/mol. The summed E-state index contributed by atoms with van der Waals surface area (Å²) in [4.78, 5) is 25.3. The molecule has 3 aliphatic heterocycles. The Labute approximate surface area is 119 Å². The Morgan fingerprint density at radius 1 is 1.43 bits per heavy atom. The number of carboxylic acids is 1. The maximum atomic E-state index is 13.9. The van der Waals surface area contributed by atoms with E-state index < -0.39 is 35.3 Å². The second-order valence-corrected chi connectivity index (χ2v) is 5.61. The number of fused-ring (bicyclic) bond motifs is 1. The summed E-state index contributed by atoms with van der Waals surface area (Å²) in [6, 6.07) is 5.97. The van der Waals surface area contributed by atoms with Crippen molar-refractivity contribution < 1.29 is 23.8 Å². The van der Waals surface area contributed by atoms with Gasteiger partial charge in [0.2, 0.25) is 5.91 Å². The van der Waals surface area contributed by atoms with E-state index in [-0.39, 0.29) is 18.1 Å². The van der Waals surface area contributed by atoms with E-state index in [0.717, 1.165) is 0 Å². The highest BCUT2D eigenvalue weighted by Gasteiger charge is 2.67. The zero-order chi connectivity index (χ0) is 14.8.